The van der Waals surface area contributed by atoms with Crippen LogP contribution in [-0.2, 0) is 9.47 Å². The van der Waals surface area contributed by atoms with Gasteiger partial charge >= 0.3 is 12.1 Å². The van der Waals surface area contributed by atoms with Crippen LogP contribution in [0.4, 0.5) is 23.8 Å². The number of anilines is 1. The van der Waals surface area contributed by atoms with Crippen LogP contribution in [0.2, 0.25) is 5.02 Å². The van der Waals surface area contributed by atoms with Crippen molar-refractivity contribution in [3.63, 3.8) is 0 Å². The molecular formula is C38H44ClF3N6O5. The first kappa shape index (κ1) is 37.2. The van der Waals surface area contributed by atoms with E-state index >= 15 is 4.39 Å². The topological polar surface area (TPSA) is 102 Å². The Balaban J connectivity index is 1.34. The summed E-state index contributed by atoms with van der Waals surface area (Å²) in [5.41, 5.74) is -2.52. The Hall–Kier alpha value is -4.14. The lowest BCUT2D eigenvalue weighted by atomic mass is 9.97. The highest BCUT2D eigenvalue weighted by molar-refractivity contribution is 6.36. The molecule has 1 aliphatic carbocycles. The highest BCUT2D eigenvalue weighted by Gasteiger charge is 2.71. The van der Waals surface area contributed by atoms with E-state index in [4.69, 9.17) is 35.5 Å². The summed E-state index contributed by atoms with van der Waals surface area (Å²) in [6, 6.07) is 8.28. The first-order valence-electron chi connectivity index (χ1n) is 17.6. The number of benzene rings is 2. The van der Waals surface area contributed by atoms with Crippen molar-refractivity contribution in [2.45, 2.75) is 70.1 Å². The Kier molecular flexibility index (Phi) is 9.34. The molecule has 53 heavy (non-hydrogen) atoms. The molecule has 2 aliphatic heterocycles. The van der Waals surface area contributed by atoms with Crippen LogP contribution in [-0.4, -0.2) is 108 Å². The van der Waals surface area contributed by atoms with Gasteiger partial charge in [0.15, 0.2) is 12.6 Å². The maximum Gasteiger partial charge on any atom is 0.411 e. The lowest BCUT2D eigenvalue weighted by Gasteiger charge is -2.47. The monoisotopic (exact) mass is 756 g/mol. The summed E-state index contributed by atoms with van der Waals surface area (Å²) >= 11 is 6.69. The van der Waals surface area contributed by atoms with Crippen LogP contribution < -0.4 is 14.4 Å². The predicted octanol–water partition coefficient (Wildman–Crippen LogP) is 7.56. The van der Waals surface area contributed by atoms with Crippen LogP contribution in [0, 0.1) is 11.2 Å². The van der Waals surface area contributed by atoms with E-state index in [2.05, 4.69) is 9.97 Å². The minimum Gasteiger partial charge on any atom is -0.468 e. The molecule has 4 aromatic rings. The summed E-state index contributed by atoms with van der Waals surface area (Å²) in [6.07, 6.45) is 2.21. The molecule has 3 aliphatic rings. The molecule has 11 nitrogen and oxygen atoms in total. The van der Waals surface area contributed by atoms with E-state index in [1.807, 2.05) is 38.7 Å². The number of piperazine rings is 1. The second-order valence-corrected chi connectivity index (χ2v) is 16.4. The predicted molar refractivity (Wildman–Crippen MR) is 196 cm³/mol. The zero-order valence-electron chi connectivity index (χ0n) is 30.9. The fourth-order valence-electron chi connectivity index (χ4n) is 7.90. The molecule has 1 saturated carbocycles. The molecule has 15 heteroatoms. The molecular weight excluding hydrogens is 713 g/mol. The Labute approximate surface area is 311 Å². The molecule has 2 aromatic heterocycles. The maximum absolute atomic E-state index is 17.1. The molecule has 284 valence electrons. The Bertz CT molecular complexity index is 2080. The summed E-state index contributed by atoms with van der Waals surface area (Å²) in [5, 5.41) is 1.93. The lowest BCUT2D eigenvalue weighted by molar-refractivity contribution is -0.00286. The third-order valence-electron chi connectivity index (χ3n) is 10.3. The van der Waals surface area contributed by atoms with Crippen molar-refractivity contribution >= 4 is 45.2 Å². The van der Waals surface area contributed by atoms with Gasteiger partial charge in [0.05, 0.1) is 22.4 Å². The number of carbonyl (C=O) groups is 1. The molecule has 3 fully saturated rings. The first-order chi connectivity index (χ1) is 24.9. The maximum atomic E-state index is 17.1. The van der Waals surface area contributed by atoms with E-state index in [1.165, 1.54) is 13.3 Å². The molecule has 7 rings (SSSR count). The molecule has 2 saturated heterocycles. The second kappa shape index (κ2) is 13.3. The standard InChI is InChI=1S/C38H44ClF3N6O5/c1-35(2,3)53-34(49)48-23-11-12-36(48,4)18-47(16-23)32-26-15-43-30(25-14-24(52-21-50-7)13-22-9-8-10-27(39)28(22)25)29(40)31(26)44-33(45-32)51-20-37(19-46(5)6)17-38(37,41)42/h8-10,13-15,23H,11-12,16-21H2,1-7H3/t23-,36+,37-/m1/s1. The summed E-state index contributed by atoms with van der Waals surface area (Å²) < 4.78 is 69.3. The average Bonchev–Trinajstić information content (AvgIpc) is 3.52. The van der Waals surface area contributed by atoms with Gasteiger partial charge in [0, 0.05) is 55.3 Å². The number of rotatable bonds is 10. The Morgan fingerprint density at radius 1 is 1.15 bits per heavy atom. The fourth-order valence-corrected chi connectivity index (χ4v) is 8.18. The molecule has 0 spiro atoms. The van der Waals surface area contributed by atoms with Gasteiger partial charge in [-0.25, -0.2) is 18.0 Å². The summed E-state index contributed by atoms with van der Waals surface area (Å²) in [7, 11) is 4.94. The number of methoxy groups -OCH3 is 1. The quantitative estimate of drug-likeness (QED) is 0.151. The zero-order valence-corrected chi connectivity index (χ0v) is 31.7. The highest BCUT2D eigenvalue weighted by Crippen LogP contribution is 2.60. The number of pyridine rings is 1. The van der Waals surface area contributed by atoms with Gasteiger partial charge in [-0.1, -0.05) is 23.7 Å². The fraction of sp³-hybridized carbons (Fsp3) is 0.526. The summed E-state index contributed by atoms with van der Waals surface area (Å²) in [6.45, 7) is 7.88. The summed E-state index contributed by atoms with van der Waals surface area (Å²) in [5.74, 6) is -2.97. The molecule has 0 N–H and O–H groups in total. The molecule has 0 unspecified atom stereocenters. The van der Waals surface area contributed by atoms with Crippen molar-refractivity contribution in [3.05, 3.63) is 47.4 Å². The van der Waals surface area contributed by atoms with E-state index in [-0.39, 0.29) is 49.6 Å². The van der Waals surface area contributed by atoms with Crippen LogP contribution in [0.3, 0.4) is 0 Å². The molecule has 2 aromatic carbocycles. The van der Waals surface area contributed by atoms with Gasteiger partial charge in [0.1, 0.15) is 35.0 Å². The number of alkyl halides is 2. The number of amides is 1. The van der Waals surface area contributed by atoms with E-state index in [0.29, 0.717) is 57.8 Å². The van der Waals surface area contributed by atoms with Crippen LogP contribution in [0.15, 0.2) is 36.5 Å². The van der Waals surface area contributed by atoms with Crippen molar-refractivity contribution in [1.82, 2.24) is 24.8 Å². The third kappa shape index (κ3) is 6.89. The van der Waals surface area contributed by atoms with Gasteiger partial charge in [-0.3, -0.25) is 9.88 Å². The number of aromatic nitrogens is 3. The van der Waals surface area contributed by atoms with Crippen LogP contribution in [0.25, 0.3) is 32.9 Å². The van der Waals surface area contributed by atoms with Crippen LogP contribution in [0.1, 0.15) is 47.0 Å². The Morgan fingerprint density at radius 2 is 1.91 bits per heavy atom. The van der Waals surface area contributed by atoms with E-state index in [9.17, 15) is 13.6 Å². The molecule has 0 radical (unpaired) electrons. The van der Waals surface area contributed by atoms with Gasteiger partial charge in [-0.15, -0.1) is 0 Å². The minimum atomic E-state index is -2.93. The second-order valence-electron chi connectivity index (χ2n) is 16.0. The smallest absolute Gasteiger partial charge is 0.411 e. The van der Waals surface area contributed by atoms with Gasteiger partial charge < -0.3 is 28.7 Å². The van der Waals surface area contributed by atoms with Crippen molar-refractivity contribution in [2.24, 2.45) is 5.41 Å². The number of hydrogen-bond acceptors (Lipinski definition) is 10. The summed E-state index contributed by atoms with van der Waals surface area (Å²) in [4.78, 5) is 32.7. The van der Waals surface area contributed by atoms with Gasteiger partial charge in [-0.2, -0.15) is 9.97 Å². The van der Waals surface area contributed by atoms with E-state index in [1.54, 1.807) is 48.2 Å². The minimum absolute atomic E-state index is 0.0358. The SMILES string of the molecule is COCOc1cc(-c2ncc3c(N4C[C@H]5CC[C@@](C)(C4)N5C(=O)OC(C)(C)C)nc(OC[C@]4(CN(C)C)CC4(F)F)nc3c2F)c2c(Cl)cccc2c1. The Morgan fingerprint density at radius 3 is 2.57 bits per heavy atom. The van der Waals surface area contributed by atoms with Gasteiger partial charge in [0.2, 0.25) is 0 Å². The zero-order chi connectivity index (χ0) is 38.1. The number of carbonyl (C=O) groups excluding carboxylic acids is 1. The van der Waals surface area contributed by atoms with E-state index < -0.39 is 34.4 Å². The van der Waals surface area contributed by atoms with Crippen LogP contribution in [0.5, 0.6) is 11.8 Å². The molecule has 2 bridgehead atoms. The largest absolute Gasteiger partial charge is 0.468 e. The number of halogens is 4. The molecule has 4 heterocycles. The number of fused-ring (bicyclic) bond motifs is 4. The number of hydrogen-bond donors (Lipinski definition) is 0. The number of nitrogens with zero attached hydrogens (tertiary/aromatic N) is 6. The van der Waals surface area contributed by atoms with Gasteiger partial charge in [-0.05, 0) is 78.2 Å². The average molecular weight is 757 g/mol. The third-order valence-corrected chi connectivity index (χ3v) is 10.6. The van der Waals surface area contributed by atoms with E-state index in [0.717, 1.165) is 6.42 Å². The molecule has 1 amide bonds. The normalized spacial score (nSPS) is 23.6. The first-order valence-corrected chi connectivity index (χ1v) is 18.0. The van der Waals surface area contributed by atoms with Crippen molar-refractivity contribution in [2.75, 3.05) is 59.1 Å². The van der Waals surface area contributed by atoms with Gasteiger partial charge in [0.25, 0.3) is 5.92 Å². The van der Waals surface area contributed by atoms with Crippen molar-refractivity contribution in [3.8, 4) is 23.0 Å². The van der Waals surface area contributed by atoms with Crippen molar-refractivity contribution in [1.29, 1.82) is 0 Å². The van der Waals surface area contributed by atoms with Crippen molar-refractivity contribution < 1.29 is 36.9 Å². The molecule has 3 atom stereocenters. The number of ether oxygens (including phenoxy) is 4. The lowest BCUT2D eigenvalue weighted by Crippen LogP contribution is -2.63. The highest BCUT2D eigenvalue weighted by atomic mass is 35.5. The van der Waals surface area contributed by atoms with Crippen LogP contribution >= 0.6 is 11.6 Å².